The molecule has 0 saturated heterocycles. The van der Waals surface area contributed by atoms with Crippen LogP contribution in [0.2, 0.25) is 0 Å². The number of nitrogens with zero attached hydrogens (tertiary/aromatic N) is 1. The number of rotatable bonds is 7. The van der Waals surface area contributed by atoms with Crippen LogP contribution in [0.15, 0.2) is 42.7 Å². The molecule has 1 aliphatic heterocycles. The third-order valence-electron chi connectivity index (χ3n) is 4.15. The molecule has 1 aromatic heterocycles. The molecular formula is C20H23N3O4. The van der Waals surface area contributed by atoms with E-state index in [0.29, 0.717) is 30.0 Å². The standard InChI is InChI=1S/C20H23N3O4/c1-13(2)8-16(20(25)22-11-14-4-3-7-21-10-14)23-19(24)15-5-6-17-18(9-15)27-12-26-17/h3-7,9-10,13,16H,8,11-12H2,1-2H3,(H,22,25)(H,23,24)/t16-/m0/s1. The van der Waals surface area contributed by atoms with E-state index in [9.17, 15) is 9.59 Å². The first-order valence-corrected chi connectivity index (χ1v) is 8.90. The van der Waals surface area contributed by atoms with Gasteiger partial charge in [0.25, 0.3) is 5.91 Å². The average molecular weight is 369 g/mol. The first-order chi connectivity index (χ1) is 13.0. The normalized spacial score (nSPS) is 13.3. The van der Waals surface area contributed by atoms with Gasteiger partial charge in [-0.3, -0.25) is 14.6 Å². The van der Waals surface area contributed by atoms with Gasteiger partial charge in [-0.15, -0.1) is 0 Å². The number of hydrogen-bond donors (Lipinski definition) is 2. The Hall–Kier alpha value is -3.09. The van der Waals surface area contributed by atoms with Gasteiger partial charge in [0.1, 0.15) is 6.04 Å². The first-order valence-electron chi connectivity index (χ1n) is 8.90. The SMILES string of the molecule is CC(C)C[C@H](NC(=O)c1ccc2c(c1)OCO2)C(=O)NCc1cccnc1. The summed E-state index contributed by atoms with van der Waals surface area (Å²) in [7, 11) is 0. The Labute approximate surface area is 158 Å². The molecule has 2 amide bonds. The molecule has 1 aromatic carbocycles. The molecule has 142 valence electrons. The zero-order chi connectivity index (χ0) is 19.2. The van der Waals surface area contributed by atoms with Crippen LogP contribution in [-0.4, -0.2) is 29.6 Å². The summed E-state index contributed by atoms with van der Waals surface area (Å²) < 4.78 is 10.6. The predicted octanol–water partition coefficient (Wildman–Crippen LogP) is 2.27. The van der Waals surface area contributed by atoms with Crippen LogP contribution in [0.25, 0.3) is 0 Å². The van der Waals surface area contributed by atoms with Crippen LogP contribution in [0.4, 0.5) is 0 Å². The van der Waals surface area contributed by atoms with E-state index in [1.54, 1.807) is 30.6 Å². The van der Waals surface area contributed by atoms with Gasteiger partial charge in [-0.2, -0.15) is 0 Å². The van der Waals surface area contributed by atoms with Gasteiger partial charge in [-0.05, 0) is 42.2 Å². The summed E-state index contributed by atoms with van der Waals surface area (Å²) in [6.07, 6.45) is 3.91. The summed E-state index contributed by atoms with van der Waals surface area (Å²) in [5, 5.41) is 5.69. The Morgan fingerprint density at radius 2 is 2.00 bits per heavy atom. The van der Waals surface area contributed by atoms with Gasteiger partial charge in [-0.25, -0.2) is 0 Å². The summed E-state index contributed by atoms with van der Waals surface area (Å²) in [5.74, 6) is 0.844. The van der Waals surface area contributed by atoms with Crippen LogP contribution >= 0.6 is 0 Å². The number of benzene rings is 1. The van der Waals surface area contributed by atoms with Gasteiger partial charge in [0.15, 0.2) is 11.5 Å². The van der Waals surface area contributed by atoms with Crippen molar-refractivity contribution in [1.29, 1.82) is 0 Å². The summed E-state index contributed by atoms with van der Waals surface area (Å²) in [5.41, 5.74) is 1.32. The zero-order valence-electron chi connectivity index (χ0n) is 15.4. The molecule has 0 bridgehead atoms. The Morgan fingerprint density at radius 3 is 2.74 bits per heavy atom. The van der Waals surface area contributed by atoms with Crippen molar-refractivity contribution in [1.82, 2.24) is 15.6 Å². The second-order valence-corrected chi connectivity index (χ2v) is 6.80. The number of aromatic nitrogens is 1. The van der Waals surface area contributed by atoms with Crippen LogP contribution in [0.3, 0.4) is 0 Å². The highest BCUT2D eigenvalue weighted by Crippen LogP contribution is 2.32. The number of amides is 2. The lowest BCUT2D eigenvalue weighted by Crippen LogP contribution is -2.47. The fourth-order valence-electron chi connectivity index (χ4n) is 2.80. The molecule has 7 heteroatoms. The zero-order valence-corrected chi connectivity index (χ0v) is 15.4. The maximum Gasteiger partial charge on any atom is 0.252 e. The van der Waals surface area contributed by atoms with E-state index in [-0.39, 0.29) is 24.5 Å². The van der Waals surface area contributed by atoms with E-state index in [4.69, 9.17) is 9.47 Å². The molecule has 0 aliphatic carbocycles. The van der Waals surface area contributed by atoms with Crippen LogP contribution in [0.1, 0.15) is 36.2 Å². The van der Waals surface area contributed by atoms with Crippen molar-refractivity contribution in [3.8, 4) is 11.5 Å². The van der Waals surface area contributed by atoms with E-state index in [1.165, 1.54) is 0 Å². The maximum atomic E-state index is 12.6. The Morgan fingerprint density at radius 1 is 1.19 bits per heavy atom. The minimum atomic E-state index is -0.625. The highest BCUT2D eigenvalue weighted by molar-refractivity contribution is 5.98. The summed E-state index contributed by atoms with van der Waals surface area (Å²) in [6, 6.07) is 8.04. The largest absolute Gasteiger partial charge is 0.454 e. The quantitative estimate of drug-likeness (QED) is 0.781. The van der Waals surface area contributed by atoms with Gasteiger partial charge in [0, 0.05) is 24.5 Å². The average Bonchev–Trinajstić information content (AvgIpc) is 3.13. The highest BCUT2D eigenvalue weighted by Gasteiger charge is 2.23. The fraction of sp³-hybridized carbons (Fsp3) is 0.350. The lowest BCUT2D eigenvalue weighted by molar-refractivity contribution is -0.123. The number of ether oxygens (including phenoxy) is 2. The Kier molecular flexibility index (Phi) is 5.90. The number of hydrogen-bond acceptors (Lipinski definition) is 5. The second kappa shape index (κ2) is 8.53. The minimum Gasteiger partial charge on any atom is -0.454 e. The molecule has 1 atom stereocenters. The van der Waals surface area contributed by atoms with Crippen molar-refractivity contribution in [3.63, 3.8) is 0 Å². The number of nitrogens with one attached hydrogen (secondary N) is 2. The van der Waals surface area contributed by atoms with Gasteiger partial charge < -0.3 is 20.1 Å². The summed E-state index contributed by atoms with van der Waals surface area (Å²) >= 11 is 0. The molecule has 2 aromatic rings. The number of carbonyl (C=O) groups is 2. The summed E-state index contributed by atoms with van der Waals surface area (Å²) in [6.45, 7) is 4.52. The van der Waals surface area contributed by atoms with Crippen LogP contribution < -0.4 is 20.1 Å². The second-order valence-electron chi connectivity index (χ2n) is 6.80. The number of pyridine rings is 1. The highest BCUT2D eigenvalue weighted by atomic mass is 16.7. The summed E-state index contributed by atoms with van der Waals surface area (Å²) in [4.78, 5) is 29.3. The third kappa shape index (κ3) is 4.97. The van der Waals surface area contributed by atoms with E-state index in [0.717, 1.165) is 5.56 Å². The van der Waals surface area contributed by atoms with Gasteiger partial charge in [0.05, 0.1) is 0 Å². The van der Waals surface area contributed by atoms with Crippen LogP contribution in [-0.2, 0) is 11.3 Å². The van der Waals surface area contributed by atoms with E-state index in [1.807, 2.05) is 26.0 Å². The van der Waals surface area contributed by atoms with Crippen LogP contribution in [0.5, 0.6) is 11.5 Å². The molecule has 0 spiro atoms. The molecule has 1 aliphatic rings. The monoisotopic (exact) mass is 369 g/mol. The lowest BCUT2D eigenvalue weighted by Gasteiger charge is -2.20. The van der Waals surface area contributed by atoms with Gasteiger partial charge >= 0.3 is 0 Å². The van der Waals surface area contributed by atoms with Gasteiger partial charge in [-0.1, -0.05) is 19.9 Å². The number of carbonyl (C=O) groups excluding carboxylic acids is 2. The Balaban J connectivity index is 1.65. The van der Waals surface area contributed by atoms with E-state index in [2.05, 4.69) is 15.6 Å². The Bertz CT molecular complexity index is 808. The lowest BCUT2D eigenvalue weighted by atomic mass is 10.0. The molecule has 7 nitrogen and oxygen atoms in total. The topological polar surface area (TPSA) is 89.5 Å². The van der Waals surface area contributed by atoms with Crippen molar-refractivity contribution < 1.29 is 19.1 Å². The molecule has 3 rings (SSSR count). The molecule has 0 radical (unpaired) electrons. The maximum absolute atomic E-state index is 12.6. The third-order valence-corrected chi connectivity index (χ3v) is 4.15. The van der Waals surface area contributed by atoms with Crippen molar-refractivity contribution in [2.45, 2.75) is 32.9 Å². The molecule has 2 heterocycles. The van der Waals surface area contributed by atoms with Crippen LogP contribution in [0, 0.1) is 5.92 Å². The molecule has 0 saturated carbocycles. The van der Waals surface area contributed by atoms with Crippen molar-refractivity contribution in [2.24, 2.45) is 5.92 Å². The van der Waals surface area contributed by atoms with Gasteiger partial charge in [0.2, 0.25) is 12.7 Å². The molecule has 0 fully saturated rings. The number of fused-ring (bicyclic) bond motifs is 1. The minimum absolute atomic E-state index is 0.146. The van der Waals surface area contributed by atoms with Crippen molar-refractivity contribution in [3.05, 3.63) is 53.9 Å². The van der Waals surface area contributed by atoms with Crippen molar-refractivity contribution >= 4 is 11.8 Å². The first kappa shape index (κ1) is 18.7. The van der Waals surface area contributed by atoms with E-state index >= 15 is 0 Å². The molecule has 0 unspecified atom stereocenters. The van der Waals surface area contributed by atoms with E-state index < -0.39 is 6.04 Å². The fourth-order valence-corrected chi connectivity index (χ4v) is 2.80. The predicted molar refractivity (Wildman–Crippen MR) is 99.4 cm³/mol. The van der Waals surface area contributed by atoms with Crippen molar-refractivity contribution in [2.75, 3.05) is 6.79 Å². The smallest absolute Gasteiger partial charge is 0.252 e. The molecule has 2 N–H and O–H groups in total. The molecular weight excluding hydrogens is 346 g/mol. The molecule has 27 heavy (non-hydrogen) atoms.